The first-order valence-electron chi connectivity index (χ1n) is 4.19. The highest BCUT2D eigenvalue weighted by atomic mass is 16.5. The van der Waals surface area contributed by atoms with Gasteiger partial charge in [-0.05, 0) is 31.6 Å². The monoisotopic (exact) mass is 141 g/mol. The van der Waals surface area contributed by atoms with E-state index in [0.29, 0.717) is 6.10 Å². The third-order valence-corrected chi connectivity index (χ3v) is 2.47. The molecular formula is C9H17O. The van der Waals surface area contributed by atoms with E-state index in [1.165, 1.54) is 25.7 Å². The van der Waals surface area contributed by atoms with Crippen LogP contribution in [0.1, 0.15) is 32.6 Å². The lowest BCUT2D eigenvalue weighted by molar-refractivity contribution is 0.0565. The summed E-state index contributed by atoms with van der Waals surface area (Å²) >= 11 is 0. The summed E-state index contributed by atoms with van der Waals surface area (Å²) in [6.07, 6.45) is 8.07. The van der Waals surface area contributed by atoms with E-state index in [2.05, 4.69) is 13.3 Å². The molecule has 0 N–H and O–H groups in total. The van der Waals surface area contributed by atoms with Gasteiger partial charge in [0.25, 0.3) is 0 Å². The molecule has 2 unspecified atom stereocenters. The zero-order valence-corrected chi connectivity index (χ0v) is 6.97. The third-order valence-electron chi connectivity index (χ3n) is 2.47. The lowest BCUT2D eigenvalue weighted by atomic mass is 9.86. The van der Waals surface area contributed by atoms with Gasteiger partial charge in [0.15, 0.2) is 0 Å². The Morgan fingerprint density at radius 2 is 2.20 bits per heavy atom. The van der Waals surface area contributed by atoms with Gasteiger partial charge in [0.2, 0.25) is 0 Å². The quantitative estimate of drug-likeness (QED) is 0.574. The van der Waals surface area contributed by atoms with Gasteiger partial charge < -0.3 is 4.74 Å². The molecule has 1 nitrogen and oxygen atoms in total. The van der Waals surface area contributed by atoms with Crippen LogP contribution in [0.5, 0.6) is 0 Å². The molecule has 0 aromatic heterocycles. The fourth-order valence-electron chi connectivity index (χ4n) is 1.70. The Balaban J connectivity index is 2.25. The van der Waals surface area contributed by atoms with Crippen LogP contribution in [-0.4, -0.2) is 13.2 Å². The van der Waals surface area contributed by atoms with Gasteiger partial charge in [0.1, 0.15) is 0 Å². The Morgan fingerprint density at radius 1 is 1.40 bits per heavy atom. The molecule has 59 valence electrons. The number of ether oxygens (including phenoxy) is 1. The van der Waals surface area contributed by atoms with Gasteiger partial charge in [-0.15, -0.1) is 0 Å². The summed E-state index contributed by atoms with van der Waals surface area (Å²) < 4.78 is 5.30. The van der Waals surface area contributed by atoms with Crippen molar-refractivity contribution in [1.82, 2.24) is 0 Å². The van der Waals surface area contributed by atoms with Crippen LogP contribution in [-0.2, 0) is 4.74 Å². The molecule has 0 spiro atoms. The SMILES string of the molecule is C[CH]C1CCCC(OC)C1. The first-order valence-corrected chi connectivity index (χ1v) is 4.19. The van der Waals surface area contributed by atoms with E-state index >= 15 is 0 Å². The lowest BCUT2D eigenvalue weighted by Crippen LogP contribution is -2.21. The second-order valence-corrected chi connectivity index (χ2v) is 3.12. The van der Waals surface area contributed by atoms with Gasteiger partial charge in [-0.25, -0.2) is 0 Å². The Labute approximate surface area is 63.8 Å². The fourth-order valence-corrected chi connectivity index (χ4v) is 1.70. The maximum absolute atomic E-state index is 5.30. The minimum Gasteiger partial charge on any atom is -0.381 e. The van der Waals surface area contributed by atoms with E-state index < -0.39 is 0 Å². The number of hydrogen-bond donors (Lipinski definition) is 0. The predicted octanol–water partition coefficient (Wildman–Crippen LogP) is 2.42. The van der Waals surface area contributed by atoms with Crippen LogP contribution in [0.3, 0.4) is 0 Å². The lowest BCUT2D eigenvalue weighted by Gasteiger charge is -2.26. The summed E-state index contributed by atoms with van der Waals surface area (Å²) in [6.45, 7) is 2.16. The zero-order valence-electron chi connectivity index (χ0n) is 6.97. The van der Waals surface area contributed by atoms with Crippen molar-refractivity contribution in [2.75, 3.05) is 7.11 Å². The molecule has 1 rings (SSSR count). The molecule has 10 heavy (non-hydrogen) atoms. The molecule has 0 aromatic carbocycles. The van der Waals surface area contributed by atoms with Crippen molar-refractivity contribution in [3.05, 3.63) is 6.42 Å². The largest absolute Gasteiger partial charge is 0.381 e. The first-order chi connectivity index (χ1) is 4.86. The summed E-state index contributed by atoms with van der Waals surface area (Å²) in [4.78, 5) is 0. The van der Waals surface area contributed by atoms with Crippen molar-refractivity contribution in [3.63, 3.8) is 0 Å². The van der Waals surface area contributed by atoms with Crippen LogP contribution in [0.2, 0.25) is 0 Å². The van der Waals surface area contributed by atoms with E-state index in [1.807, 2.05) is 7.11 Å². The van der Waals surface area contributed by atoms with Crippen LogP contribution in [0.15, 0.2) is 0 Å². The molecule has 0 aliphatic heterocycles. The molecule has 1 saturated carbocycles. The molecule has 0 heterocycles. The summed E-state index contributed by atoms with van der Waals surface area (Å²) in [5, 5.41) is 0. The normalized spacial score (nSPS) is 34.2. The van der Waals surface area contributed by atoms with Gasteiger partial charge in [0.05, 0.1) is 6.10 Å². The summed E-state index contributed by atoms with van der Waals surface area (Å²) in [5.41, 5.74) is 0. The van der Waals surface area contributed by atoms with Gasteiger partial charge >= 0.3 is 0 Å². The smallest absolute Gasteiger partial charge is 0.0574 e. The van der Waals surface area contributed by atoms with Crippen LogP contribution in [0.4, 0.5) is 0 Å². The maximum atomic E-state index is 5.30. The molecule has 1 heteroatoms. The van der Waals surface area contributed by atoms with Crippen molar-refractivity contribution in [2.45, 2.75) is 38.7 Å². The first kappa shape index (κ1) is 8.06. The van der Waals surface area contributed by atoms with Crippen LogP contribution in [0, 0.1) is 12.3 Å². The summed E-state index contributed by atoms with van der Waals surface area (Å²) in [6, 6.07) is 0. The van der Waals surface area contributed by atoms with Crippen molar-refractivity contribution in [1.29, 1.82) is 0 Å². The van der Waals surface area contributed by atoms with Crippen LogP contribution in [0.25, 0.3) is 0 Å². The summed E-state index contributed by atoms with van der Waals surface area (Å²) in [7, 11) is 1.82. The van der Waals surface area contributed by atoms with Gasteiger partial charge in [-0.2, -0.15) is 0 Å². The third kappa shape index (κ3) is 1.98. The number of rotatable bonds is 2. The average Bonchev–Trinajstić information content (AvgIpc) is 2.05. The van der Waals surface area contributed by atoms with E-state index in [9.17, 15) is 0 Å². The highest BCUT2D eigenvalue weighted by Gasteiger charge is 2.19. The molecule has 1 radical (unpaired) electrons. The van der Waals surface area contributed by atoms with Crippen LogP contribution >= 0.6 is 0 Å². The van der Waals surface area contributed by atoms with Gasteiger partial charge in [-0.1, -0.05) is 13.3 Å². The van der Waals surface area contributed by atoms with E-state index in [-0.39, 0.29) is 0 Å². The van der Waals surface area contributed by atoms with E-state index in [0.717, 1.165) is 5.92 Å². The second kappa shape index (κ2) is 3.97. The molecular weight excluding hydrogens is 124 g/mol. The molecule has 0 saturated heterocycles. The topological polar surface area (TPSA) is 9.23 Å². The maximum Gasteiger partial charge on any atom is 0.0574 e. The second-order valence-electron chi connectivity index (χ2n) is 3.12. The van der Waals surface area contributed by atoms with Gasteiger partial charge in [0, 0.05) is 7.11 Å². The molecule has 0 amide bonds. The Bertz CT molecular complexity index is 80.7. The fraction of sp³-hybridized carbons (Fsp3) is 0.889. The zero-order chi connectivity index (χ0) is 7.40. The Morgan fingerprint density at radius 3 is 2.80 bits per heavy atom. The summed E-state index contributed by atoms with van der Waals surface area (Å²) in [5.74, 6) is 0.818. The molecule has 0 bridgehead atoms. The van der Waals surface area contributed by atoms with Crippen molar-refractivity contribution >= 4 is 0 Å². The van der Waals surface area contributed by atoms with Crippen molar-refractivity contribution in [3.8, 4) is 0 Å². The van der Waals surface area contributed by atoms with E-state index in [1.54, 1.807) is 0 Å². The molecule has 1 aliphatic carbocycles. The Hall–Kier alpha value is -0.0400. The minimum absolute atomic E-state index is 0.537. The molecule has 2 atom stereocenters. The predicted molar refractivity (Wildman–Crippen MR) is 42.7 cm³/mol. The minimum atomic E-state index is 0.537. The number of methoxy groups -OCH3 is 1. The standard InChI is InChI=1S/C9H17O/c1-3-8-5-4-6-9(7-8)10-2/h3,8-9H,4-7H2,1-2H3. The number of hydrogen-bond acceptors (Lipinski definition) is 1. The van der Waals surface area contributed by atoms with E-state index in [4.69, 9.17) is 4.74 Å². The van der Waals surface area contributed by atoms with Crippen LogP contribution < -0.4 is 0 Å². The highest BCUT2D eigenvalue weighted by molar-refractivity contribution is 4.79. The van der Waals surface area contributed by atoms with Gasteiger partial charge in [-0.3, -0.25) is 0 Å². The van der Waals surface area contributed by atoms with Crippen molar-refractivity contribution in [2.24, 2.45) is 5.92 Å². The molecule has 1 fully saturated rings. The van der Waals surface area contributed by atoms with Crippen molar-refractivity contribution < 1.29 is 4.74 Å². The highest BCUT2D eigenvalue weighted by Crippen LogP contribution is 2.27. The average molecular weight is 141 g/mol. The molecule has 0 aromatic rings. The Kier molecular flexibility index (Phi) is 3.20. The molecule has 1 aliphatic rings.